The smallest absolute Gasteiger partial charge is 0.256 e. The molecule has 0 radical (unpaired) electrons. The first-order valence-corrected chi connectivity index (χ1v) is 12.9. The summed E-state index contributed by atoms with van der Waals surface area (Å²) in [5, 5.41) is 10.1. The number of aromatic nitrogens is 2. The number of hydrogen-bond acceptors (Lipinski definition) is 5. The molecule has 1 N–H and O–H groups in total. The number of likely N-dealkylation sites (N-methyl/N-ethyl adjacent to an activating group) is 1. The lowest BCUT2D eigenvalue weighted by Crippen LogP contribution is -2.49. The minimum Gasteiger partial charge on any atom is -0.395 e. The van der Waals surface area contributed by atoms with Crippen LogP contribution in [0.2, 0.25) is 0 Å². The second-order valence-corrected chi connectivity index (χ2v) is 9.80. The lowest BCUT2D eigenvalue weighted by atomic mass is 10.0. The topological polar surface area (TPSA) is 81.9 Å². The Hall–Kier alpha value is -4.17. The van der Waals surface area contributed by atoms with Gasteiger partial charge in [-0.05, 0) is 36.8 Å². The highest BCUT2D eigenvalue weighted by molar-refractivity contribution is 6.13. The summed E-state index contributed by atoms with van der Waals surface area (Å²) in [5.41, 5.74) is 5.36. The Bertz CT molecular complexity index is 1460. The number of carbonyl (C=O) groups excluding carboxylic acids is 2. The van der Waals surface area contributed by atoms with Gasteiger partial charge in [0, 0.05) is 63.9 Å². The van der Waals surface area contributed by atoms with Crippen molar-refractivity contribution in [2.75, 3.05) is 51.3 Å². The van der Waals surface area contributed by atoms with Crippen molar-refractivity contribution >= 4 is 28.5 Å². The molecule has 8 nitrogen and oxygen atoms in total. The molecule has 196 valence electrons. The van der Waals surface area contributed by atoms with Crippen LogP contribution in [0.3, 0.4) is 0 Å². The van der Waals surface area contributed by atoms with Crippen molar-refractivity contribution in [3.8, 4) is 11.3 Å². The molecule has 2 aromatic carbocycles. The third-order valence-corrected chi connectivity index (χ3v) is 7.28. The zero-order valence-corrected chi connectivity index (χ0v) is 22.1. The second-order valence-electron chi connectivity index (χ2n) is 9.80. The van der Waals surface area contributed by atoms with Gasteiger partial charge in [-0.3, -0.25) is 9.59 Å². The first-order valence-electron chi connectivity index (χ1n) is 12.9. The fourth-order valence-corrected chi connectivity index (χ4v) is 5.18. The fraction of sp³-hybridized carbons (Fsp3) is 0.300. The molecule has 0 saturated carbocycles. The number of aliphatic hydroxyl groups is 1. The molecule has 1 fully saturated rings. The number of aryl methyl sites for hydroxylation is 2. The van der Waals surface area contributed by atoms with Gasteiger partial charge in [-0.2, -0.15) is 0 Å². The molecule has 1 aliphatic rings. The molecule has 8 heteroatoms. The van der Waals surface area contributed by atoms with Crippen LogP contribution in [-0.4, -0.2) is 82.7 Å². The minimum absolute atomic E-state index is 0.0422. The summed E-state index contributed by atoms with van der Waals surface area (Å²) in [5.74, 6) is 0.651. The highest BCUT2D eigenvalue weighted by Gasteiger charge is 2.29. The Balaban J connectivity index is 1.36. The molecule has 4 aromatic rings. The number of rotatable bonds is 6. The van der Waals surface area contributed by atoms with Crippen LogP contribution in [0.5, 0.6) is 0 Å². The van der Waals surface area contributed by atoms with E-state index in [0.29, 0.717) is 31.7 Å². The molecule has 1 aliphatic heterocycles. The monoisotopic (exact) mass is 511 g/mol. The van der Waals surface area contributed by atoms with Crippen LogP contribution in [0.1, 0.15) is 26.3 Å². The average Bonchev–Trinajstić information content (AvgIpc) is 3.24. The lowest BCUT2D eigenvalue weighted by Gasteiger charge is -2.35. The predicted molar refractivity (Wildman–Crippen MR) is 149 cm³/mol. The SMILES string of the molecule is Cc1ccc2c(c1)c(C(=O)N1CCN(c3ccc(C(=O)N(C)CCO)cn3)CC1)c(-c1ccccc1)n2C. The minimum atomic E-state index is -0.173. The molecule has 5 rings (SSSR count). The summed E-state index contributed by atoms with van der Waals surface area (Å²) in [4.78, 5) is 36.5. The van der Waals surface area contributed by atoms with Gasteiger partial charge in [0.25, 0.3) is 11.8 Å². The van der Waals surface area contributed by atoms with Gasteiger partial charge >= 0.3 is 0 Å². The van der Waals surface area contributed by atoms with Crippen LogP contribution in [0.15, 0.2) is 66.9 Å². The van der Waals surface area contributed by atoms with Gasteiger partial charge < -0.3 is 24.4 Å². The van der Waals surface area contributed by atoms with E-state index in [0.717, 1.165) is 39.1 Å². The normalized spacial score (nSPS) is 13.7. The van der Waals surface area contributed by atoms with Crippen LogP contribution in [-0.2, 0) is 7.05 Å². The fourth-order valence-electron chi connectivity index (χ4n) is 5.18. The van der Waals surface area contributed by atoms with Crippen LogP contribution in [0, 0.1) is 6.92 Å². The number of fused-ring (bicyclic) bond motifs is 1. The van der Waals surface area contributed by atoms with E-state index in [1.807, 2.05) is 36.2 Å². The molecule has 3 heterocycles. The van der Waals surface area contributed by atoms with Crippen molar-refractivity contribution in [1.29, 1.82) is 0 Å². The molecule has 0 aliphatic carbocycles. The van der Waals surface area contributed by atoms with Crippen molar-refractivity contribution < 1.29 is 14.7 Å². The van der Waals surface area contributed by atoms with Gasteiger partial charge in [-0.1, -0.05) is 42.0 Å². The van der Waals surface area contributed by atoms with E-state index < -0.39 is 0 Å². The van der Waals surface area contributed by atoms with Gasteiger partial charge in [-0.25, -0.2) is 4.98 Å². The van der Waals surface area contributed by atoms with Crippen molar-refractivity contribution in [2.24, 2.45) is 7.05 Å². The third kappa shape index (κ3) is 4.75. The first-order chi connectivity index (χ1) is 18.4. The van der Waals surface area contributed by atoms with Gasteiger partial charge in [0.2, 0.25) is 0 Å². The highest BCUT2D eigenvalue weighted by atomic mass is 16.3. The number of amides is 2. The quantitative estimate of drug-likeness (QED) is 0.428. The molecule has 0 spiro atoms. The summed E-state index contributed by atoms with van der Waals surface area (Å²) < 4.78 is 2.12. The Kier molecular flexibility index (Phi) is 7.15. The molecule has 0 atom stereocenters. The first kappa shape index (κ1) is 25.5. The molecule has 0 bridgehead atoms. The molecule has 2 aromatic heterocycles. The van der Waals surface area contributed by atoms with Gasteiger partial charge in [0.05, 0.1) is 23.4 Å². The number of piperazine rings is 1. The van der Waals surface area contributed by atoms with Gasteiger partial charge in [0.15, 0.2) is 0 Å². The van der Waals surface area contributed by atoms with E-state index in [1.54, 1.807) is 19.3 Å². The Morgan fingerprint density at radius 3 is 2.39 bits per heavy atom. The molecule has 2 amide bonds. The zero-order chi connectivity index (χ0) is 26.8. The number of pyridine rings is 1. The van der Waals surface area contributed by atoms with E-state index in [4.69, 9.17) is 5.11 Å². The second kappa shape index (κ2) is 10.7. The summed E-state index contributed by atoms with van der Waals surface area (Å²) in [6, 6.07) is 20.0. The van der Waals surface area contributed by atoms with E-state index in [2.05, 4.69) is 51.7 Å². The standard InChI is InChI=1S/C30H33N5O3/c1-21-9-11-25-24(19-21)27(28(33(25)3)22-7-5-4-6-8-22)30(38)35-15-13-34(14-16-35)26-12-10-23(20-31-26)29(37)32(2)17-18-36/h4-12,19-20,36H,13-18H2,1-3H3. The number of carbonyl (C=O) groups is 2. The van der Waals surface area contributed by atoms with E-state index in [1.165, 1.54) is 4.90 Å². The average molecular weight is 512 g/mol. The number of benzene rings is 2. The Morgan fingerprint density at radius 2 is 1.74 bits per heavy atom. The van der Waals surface area contributed by atoms with E-state index in [-0.39, 0.29) is 25.0 Å². The highest BCUT2D eigenvalue weighted by Crippen LogP contribution is 2.35. The molecule has 0 unspecified atom stereocenters. The largest absolute Gasteiger partial charge is 0.395 e. The van der Waals surface area contributed by atoms with Crippen LogP contribution in [0.25, 0.3) is 22.2 Å². The van der Waals surface area contributed by atoms with Crippen LogP contribution in [0.4, 0.5) is 5.82 Å². The summed E-state index contributed by atoms with van der Waals surface area (Å²) in [6.45, 7) is 4.72. The van der Waals surface area contributed by atoms with Crippen LogP contribution < -0.4 is 4.90 Å². The van der Waals surface area contributed by atoms with E-state index >= 15 is 0 Å². The summed E-state index contributed by atoms with van der Waals surface area (Å²) >= 11 is 0. The molecular formula is C30H33N5O3. The Labute approximate surface area is 222 Å². The summed E-state index contributed by atoms with van der Waals surface area (Å²) in [6.07, 6.45) is 1.58. The number of nitrogens with zero attached hydrogens (tertiary/aromatic N) is 5. The van der Waals surface area contributed by atoms with Crippen molar-refractivity contribution in [1.82, 2.24) is 19.4 Å². The number of aliphatic hydroxyl groups excluding tert-OH is 1. The summed E-state index contributed by atoms with van der Waals surface area (Å²) in [7, 11) is 3.68. The van der Waals surface area contributed by atoms with Crippen LogP contribution >= 0.6 is 0 Å². The zero-order valence-electron chi connectivity index (χ0n) is 22.1. The predicted octanol–water partition coefficient (Wildman–Crippen LogP) is 3.58. The maximum atomic E-state index is 14.0. The molecule has 38 heavy (non-hydrogen) atoms. The lowest BCUT2D eigenvalue weighted by molar-refractivity contribution is 0.0746. The van der Waals surface area contributed by atoms with Crippen molar-refractivity contribution in [2.45, 2.75) is 6.92 Å². The van der Waals surface area contributed by atoms with Crippen molar-refractivity contribution in [3.05, 3.63) is 83.6 Å². The maximum absolute atomic E-state index is 14.0. The van der Waals surface area contributed by atoms with Gasteiger partial charge in [-0.15, -0.1) is 0 Å². The molecular weight excluding hydrogens is 478 g/mol. The van der Waals surface area contributed by atoms with E-state index in [9.17, 15) is 9.59 Å². The Morgan fingerprint density at radius 1 is 1.00 bits per heavy atom. The number of hydrogen-bond donors (Lipinski definition) is 1. The van der Waals surface area contributed by atoms with Gasteiger partial charge in [0.1, 0.15) is 5.82 Å². The van der Waals surface area contributed by atoms with Crippen molar-refractivity contribution in [3.63, 3.8) is 0 Å². The maximum Gasteiger partial charge on any atom is 0.256 e. The number of anilines is 1. The third-order valence-electron chi connectivity index (χ3n) is 7.28. The molecule has 1 saturated heterocycles.